The number of ether oxygens (including phenoxy) is 2. The van der Waals surface area contributed by atoms with E-state index in [4.69, 9.17) is 9.47 Å². The minimum atomic E-state index is 0.131. The van der Waals surface area contributed by atoms with Gasteiger partial charge in [-0.3, -0.25) is 4.79 Å². The molecule has 15 heavy (non-hydrogen) atoms. The molecule has 0 spiro atoms. The Kier molecular flexibility index (Phi) is 4.84. The molecule has 0 aliphatic carbocycles. The zero-order chi connectivity index (χ0) is 11.1. The van der Waals surface area contributed by atoms with Gasteiger partial charge in [0.1, 0.15) is 5.75 Å². The number of ketones is 1. The van der Waals surface area contributed by atoms with Crippen LogP contribution >= 0.6 is 0 Å². The van der Waals surface area contributed by atoms with Gasteiger partial charge in [-0.2, -0.15) is 0 Å². The third-order valence-corrected chi connectivity index (χ3v) is 2.14. The van der Waals surface area contributed by atoms with Gasteiger partial charge < -0.3 is 9.47 Å². The summed E-state index contributed by atoms with van der Waals surface area (Å²) in [6.45, 7) is 0.621. The number of hydrogen-bond acceptors (Lipinski definition) is 3. The maximum absolute atomic E-state index is 11.7. The van der Waals surface area contributed by atoms with Crippen molar-refractivity contribution in [1.82, 2.24) is 0 Å². The van der Waals surface area contributed by atoms with Gasteiger partial charge in [-0.25, -0.2) is 0 Å². The van der Waals surface area contributed by atoms with Gasteiger partial charge in [0.15, 0.2) is 5.78 Å². The Morgan fingerprint density at radius 3 is 2.80 bits per heavy atom. The first-order chi connectivity index (χ1) is 7.27. The Labute approximate surface area is 90.0 Å². The number of methoxy groups -OCH3 is 2. The molecule has 0 heterocycles. The smallest absolute Gasteiger partial charge is 0.163 e. The fourth-order valence-corrected chi connectivity index (χ4v) is 1.32. The predicted molar refractivity (Wildman–Crippen MR) is 58.4 cm³/mol. The highest BCUT2D eigenvalue weighted by atomic mass is 16.5. The van der Waals surface area contributed by atoms with Crippen LogP contribution in [0.15, 0.2) is 24.3 Å². The van der Waals surface area contributed by atoms with Crippen molar-refractivity contribution in [3.05, 3.63) is 29.8 Å². The first-order valence-corrected chi connectivity index (χ1v) is 4.94. The molecular weight excluding hydrogens is 192 g/mol. The lowest BCUT2D eigenvalue weighted by molar-refractivity contribution is 0.0963. The summed E-state index contributed by atoms with van der Waals surface area (Å²) in [7, 11) is 3.23. The van der Waals surface area contributed by atoms with Crippen LogP contribution in [0, 0.1) is 0 Å². The molecule has 1 aromatic carbocycles. The molecule has 0 aromatic heterocycles. The molecule has 1 rings (SSSR count). The number of carbonyl (C=O) groups excluding carboxylic acids is 1. The van der Waals surface area contributed by atoms with Crippen LogP contribution in [0.2, 0.25) is 0 Å². The molecule has 3 heteroatoms. The fraction of sp³-hybridized carbons (Fsp3) is 0.417. The van der Waals surface area contributed by atoms with Gasteiger partial charge in [0.25, 0.3) is 0 Å². The molecular formula is C12H16O3. The largest absolute Gasteiger partial charge is 0.497 e. The topological polar surface area (TPSA) is 35.5 Å². The van der Waals surface area contributed by atoms with Crippen molar-refractivity contribution in [2.75, 3.05) is 20.8 Å². The van der Waals surface area contributed by atoms with E-state index in [-0.39, 0.29) is 5.78 Å². The van der Waals surface area contributed by atoms with Crippen molar-refractivity contribution in [1.29, 1.82) is 0 Å². The summed E-state index contributed by atoms with van der Waals surface area (Å²) in [4.78, 5) is 11.7. The van der Waals surface area contributed by atoms with E-state index in [0.29, 0.717) is 24.3 Å². The van der Waals surface area contributed by atoms with Crippen LogP contribution < -0.4 is 4.74 Å². The average Bonchev–Trinajstić information content (AvgIpc) is 2.29. The lowest BCUT2D eigenvalue weighted by atomic mass is 10.1. The second-order valence-electron chi connectivity index (χ2n) is 3.25. The Morgan fingerprint density at radius 2 is 2.13 bits per heavy atom. The van der Waals surface area contributed by atoms with Crippen LogP contribution in [0.4, 0.5) is 0 Å². The first kappa shape index (κ1) is 11.7. The zero-order valence-corrected chi connectivity index (χ0v) is 9.16. The summed E-state index contributed by atoms with van der Waals surface area (Å²) in [6, 6.07) is 7.21. The lowest BCUT2D eigenvalue weighted by Gasteiger charge is -2.03. The van der Waals surface area contributed by atoms with E-state index in [0.717, 1.165) is 6.42 Å². The summed E-state index contributed by atoms with van der Waals surface area (Å²) < 4.78 is 9.95. The quantitative estimate of drug-likeness (QED) is 0.531. The van der Waals surface area contributed by atoms with Crippen molar-refractivity contribution in [3.8, 4) is 5.75 Å². The summed E-state index contributed by atoms with van der Waals surface area (Å²) >= 11 is 0. The van der Waals surface area contributed by atoms with Gasteiger partial charge in [0.2, 0.25) is 0 Å². The van der Waals surface area contributed by atoms with E-state index in [1.807, 2.05) is 12.1 Å². The number of benzene rings is 1. The van der Waals surface area contributed by atoms with Crippen molar-refractivity contribution in [2.24, 2.45) is 0 Å². The van der Waals surface area contributed by atoms with Gasteiger partial charge >= 0.3 is 0 Å². The highest BCUT2D eigenvalue weighted by Gasteiger charge is 2.05. The second-order valence-corrected chi connectivity index (χ2v) is 3.25. The van der Waals surface area contributed by atoms with Crippen LogP contribution in [-0.4, -0.2) is 26.6 Å². The Morgan fingerprint density at radius 1 is 1.33 bits per heavy atom. The van der Waals surface area contributed by atoms with Crippen molar-refractivity contribution < 1.29 is 14.3 Å². The minimum Gasteiger partial charge on any atom is -0.497 e. The van der Waals surface area contributed by atoms with E-state index < -0.39 is 0 Å². The van der Waals surface area contributed by atoms with Crippen LogP contribution in [0.5, 0.6) is 5.75 Å². The first-order valence-electron chi connectivity index (χ1n) is 4.94. The number of hydrogen-bond donors (Lipinski definition) is 0. The average molecular weight is 208 g/mol. The molecule has 82 valence electrons. The predicted octanol–water partition coefficient (Wildman–Crippen LogP) is 2.30. The maximum Gasteiger partial charge on any atom is 0.163 e. The van der Waals surface area contributed by atoms with Crippen molar-refractivity contribution in [2.45, 2.75) is 12.8 Å². The van der Waals surface area contributed by atoms with Crippen LogP contribution in [0.25, 0.3) is 0 Å². The number of Topliss-reactive ketones (excluding diaryl/α,β-unsaturated/α-hetero) is 1. The van der Waals surface area contributed by atoms with Gasteiger partial charge in [-0.05, 0) is 18.6 Å². The SMILES string of the molecule is COCCCC(=O)c1cccc(OC)c1. The van der Waals surface area contributed by atoms with E-state index in [2.05, 4.69) is 0 Å². The molecule has 0 saturated heterocycles. The minimum absolute atomic E-state index is 0.131. The Balaban J connectivity index is 2.57. The molecule has 0 N–H and O–H groups in total. The van der Waals surface area contributed by atoms with E-state index in [1.54, 1.807) is 26.4 Å². The van der Waals surface area contributed by atoms with Crippen molar-refractivity contribution >= 4 is 5.78 Å². The van der Waals surface area contributed by atoms with Crippen molar-refractivity contribution in [3.63, 3.8) is 0 Å². The summed E-state index contributed by atoms with van der Waals surface area (Å²) in [5, 5.41) is 0. The second kappa shape index (κ2) is 6.19. The van der Waals surface area contributed by atoms with E-state index in [9.17, 15) is 4.79 Å². The van der Waals surface area contributed by atoms with Gasteiger partial charge in [0.05, 0.1) is 7.11 Å². The lowest BCUT2D eigenvalue weighted by Crippen LogP contribution is -2.01. The third-order valence-electron chi connectivity index (χ3n) is 2.14. The van der Waals surface area contributed by atoms with Gasteiger partial charge in [0, 0.05) is 25.7 Å². The van der Waals surface area contributed by atoms with Crippen LogP contribution in [0.1, 0.15) is 23.2 Å². The van der Waals surface area contributed by atoms with Crippen LogP contribution in [0.3, 0.4) is 0 Å². The zero-order valence-electron chi connectivity index (χ0n) is 9.16. The highest BCUT2D eigenvalue weighted by molar-refractivity contribution is 5.96. The maximum atomic E-state index is 11.7. The standard InChI is InChI=1S/C12H16O3/c1-14-8-4-7-12(13)10-5-3-6-11(9-10)15-2/h3,5-6,9H,4,7-8H2,1-2H3. The van der Waals surface area contributed by atoms with Gasteiger partial charge in [-0.15, -0.1) is 0 Å². The molecule has 0 aliphatic rings. The molecule has 0 radical (unpaired) electrons. The monoisotopic (exact) mass is 208 g/mol. The van der Waals surface area contributed by atoms with E-state index in [1.165, 1.54) is 0 Å². The number of rotatable bonds is 6. The summed E-state index contributed by atoms with van der Waals surface area (Å²) in [5.41, 5.74) is 0.699. The molecule has 0 aliphatic heterocycles. The van der Waals surface area contributed by atoms with Crippen LogP contribution in [-0.2, 0) is 4.74 Å². The normalized spacial score (nSPS) is 10.0. The van der Waals surface area contributed by atoms with E-state index >= 15 is 0 Å². The Hall–Kier alpha value is -1.35. The fourth-order valence-electron chi connectivity index (χ4n) is 1.32. The molecule has 1 aromatic rings. The Bertz CT molecular complexity index is 320. The summed E-state index contributed by atoms with van der Waals surface area (Å²) in [5.74, 6) is 0.846. The molecule has 0 bridgehead atoms. The molecule has 0 amide bonds. The molecule has 0 fully saturated rings. The molecule has 0 unspecified atom stereocenters. The number of carbonyl (C=O) groups is 1. The summed E-state index contributed by atoms with van der Waals surface area (Å²) in [6.07, 6.45) is 1.27. The molecule has 3 nitrogen and oxygen atoms in total. The van der Waals surface area contributed by atoms with Gasteiger partial charge in [-0.1, -0.05) is 12.1 Å². The third kappa shape index (κ3) is 3.72. The molecule has 0 saturated carbocycles. The highest BCUT2D eigenvalue weighted by Crippen LogP contribution is 2.14. The molecule has 0 atom stereocenters.